The van der Waals surface area contributed by atoms with Crippen LogP contribution in [-0.2, 0) is 24.2 Å². The first-order chi connectivity index (χ1) is 14.9. The number of carbonyl (C=O) groups excluding carboxylic acids is 1. The highest BCUT2D eigenvalue weighted by Crippen LogP contribution is 2.37. The van der Waals surface area contributed by atoms with E-state index in [-0.39, 0.29) is 23.7 Å². The molecule has 0 aliphatic heterocycles. The van der Waals surface area contributed by atoms with Crippen LogP contribution >= 0.6 is 11.3 Å². The number of hydrogen-bond donors (Lipinski definition) is 2. The number of carbonyl (C=O) groups is 1. The maximum absolute atomic E-state index is 13.0. The first kappa shape index (κ1) is 19.6. The summed E-state index contributed by atoms with van der Waals surface area (Å²) in [5.74, 6) is -0.142. The minimum absolute atomic E-state index is 0.153. The zero-order valence-corrected chi connectivity index (χ0v) is 18.0. The van der Waals surface area contributed by atoms with Gasteiger partial charge in [0.15, 0.2) is 5.69 Å². The number of thiophene rings is 1. The number of nitrogens with one attached hydrogen (secondary N) is 1. The number of fused-ring (bicyclic) bond motifs is 4. The van der Waals surface area contributed by atoms with E-state index in [2.05, 4.69) is 27.1 Å². The molecular weight excluding hydrogens is 414 g/mol. The molecule has 1 aromatic carbocycles. The van der Waals surface area contributed by atoms with Gasteiger partial charge in [0, 0.05) is 10.3 Å². The van der Waals surface area contributed by atoms with E-state index in [1.165, 1.54) is 15.8 Å². The Bertz CT molecular complexity index is 1430. The quantitative estimate of drug-likeness (QED) is 0.465. The van der Waals surface area contributed by atoms with E-state index in [4.69, 9.17) is 0 Å². The molecule has 158 valence electrons. The van der Waals surface area contributed by atoms with Gasteiger partial charge in [0.05, 0.1) is 17.2 Å². The summed E-state index contributed by atoms with van der Waals surface area (Å²) in [5.41, 5.74) is 2.75. The number of rotatable bonds is 3. The molecule has 1 aliphatic rings. The average Bonchev–Trinajstić information content (AvgIpc) is 3.26. The van der Waals surface area contributed by atoms with Gasteiger partial charge in [-0.15, -0.1) is 21.6 Å². The van der Waals surface area contributed by atoms with E-state index in [0.29, 0.717) is 16.7 Å². The Morgan fingerprint density at radius 1 is 1.42 bits per heavy atom. The molecule has 0 bridgehead atoms. The highest BCUT2D eigenvalue weighted by Gasteiger charge is 2.23. The van der Waals surface area contributed by atoms with Crippen molar-refractivity contribution in [1.82, 2.24) is 14.5 Å². The van der Waals surface area contributed by atoms with Gasteiger partial charge in [-0.1, -0.05) is 25.1 Å². The van der Waals surface area contributed by atoms with Crippen LogP contribution in [0, 0.1) is 12.8 Å². The van der Waals surface area contributed by atoms with E-state index in [1.807, 2.05) is 19.1 Å². The largest absolute Gasteiger partial charge is 0.493 e. The Morgan fingerprint density at radius 3 is 3.10 bits per heavy atom. The van der Waals surface area contributed by atoms with E-state index >= 15 is 0 Å². The fourth-order valence-electron chi connectivity index (χ4n) is 4.20. The molecular formula is C22H21N5O3S. The van der Waals surface area contributed by atoms with Crippen molar-refractivity contribution in [2.24, 2.45) is 16.1 Å². The molecule has 0 saturated heterocycles. The summed E-state index contributed by atoms with van der Waals surface area (Å²) >= 11 is 1.57. The maximum Gasteiger partial charge on any atom is 0.284 e. The summed E-state index contributed by atoms with van der Waals surface area (Å²) in [6.45, 7) is 3.87. The van der Waals surface area contributed by atoms with Crippen LogP contribution in [0.5, 0.6) is 5.88 Å². The van der Waals surface area contributed by atoms with Gasteiger partial charge in [0.1, 0.15) is 11.4 Å². The van der Waals surface area contributed by atoms with Crippen molar-refractivity contribution in [3.63, 3.8) is 0 Å². The molecule has 1 atom stereocenters. The molecule has 2 N–H and O–H groups in total. The van der Waals surface area contributed by atoms with E-state index in [1.54, 1.807) is 17.4 Å². The third-order valence-electron chi connectivity index (χ3n) is 5.84. The third-order valence-corrected chi connectivity index (χ3v) is 7.01. The zero-order valence-electron chi connectivity index (χ0n) is 17.2. The lowest BCUT2D eigenvalue weighted by molar-refractivity contribution is -0.118. The second-order valence-electron chi connectivity index (χ2n) is 8.12. The molecule has 3 heterocycles. The van der Waals surface area contributed by atoms with Gasteiger partial charge < -0.3 is 10.1 Å². The zero-order chi connectivity index (χ0) is 21.7. The van der Waals surface area contributed by atoms with Gasteiger partial charge in [-0.25, -0.2) is 4.98 Å². The molecule has 5 rings (SSSR count). The summed E-state index contributed by atoms with van der Waals surface area (Å²) in [6.07, 6.45) is 4.28. The summed E-state index contributed by atoms with van der Waals surface area (Å²) in [5, 5.41) is 19.1. The second-order valence-corrected chi connectivity index (χ2v) is 9.21. The summed E-state index contributed by atoms with van der Waals surface area (Å²) < 4.78 is 1.29. The van der Waals surface area contributed by atoms with Crippen LogP contribution in [-0.4, -0.2) is 25.5 Å². The Labute approximate surface area is 181 Å². The van der Waals surface area contributed by atoms with Crippen molar-refractivity contribution in [1.29, 1.82) is 0 Å². The van der Waals surface area contributed by atoms with Crippen molar-refractivity contribution in [3.8, 4) is 5.88 Å². The van der Waals surface area contributed by atoms with Crippen molar-refractivity contribution in [3.05, 3.63) is 50.9 Å². The first-order valence-electron chi connectivity index (χ1n) is 10.2. The molecule has 3 aromatic heterocycles. The summed E-state index contributed by atoms with van der Waals surface area (Å²) in [7, 11) is 0. The van der Waals surface area contributed by atoms with Crippen LogP contribution in [0.25, 0.3) is 21.1 Å². The predicted octanol–water partition coefficient (Wildman–Crippen LogP) is 4.39. The van der Waals surface area contributed by atoms with Gasteiger partial charge in [0.2, 0.25) is 5.88 Å². The van der Waals surface area contributed by atoms with Crippen LogP contribution in [0.3, 0.4) is 0 Å². The van der Waals surface area contributed by atoms with Crippen molar-refractivity contribution < 1.29 is 9.90 Å². The number of amides is 1. The number of aryl methyl sites for hydroxylation is 2. The van der Waals surface area contributed by atoms with Crippen LogP contribution in [0.15, 0.2) is 39.5 Å². The number of H-pyrrole nitrogens is 1. The molecule has 4 aromatic rings. The number of nitrogens with zero attached hydrogens (tertiary/aromatic N) is 4. The monoisotopic (exact) mass is 435 g/mol. The molecule has 0 saturated carbocycles. The number of para-hydroxylation sites is 1. The second kappa shape index (κ2) is 7.42. The number of azo groups is 1. The minimum atomic E-state index is -0.595. The highest BCUT2D eigenvalue weighted by atomic mass is 32.1. The Kier molecular flexibility index (Phi) is 4.70. The summed E-state index contributed by atoms with van der Waals surface area (Å²) in [6, 6.07) is 5.54. The molecule has 9 heteroatoms. The average molecular weight is 436 g/mol. The molecule has 8 nitrogen and oxygen atoms in total. The van der Waals surface area contributed by atoms with Crippen molar-refractivity contribution >= 4 is 44.1 Å². The Balaban J connectivity index is 1.44. The third kappa shape index (κ3) is 3.34. The fourth-order valence-corrected chi connectivity index (χ4v) is 5.54. The van der Waals surface area contributed by atoms with Crippen molar-refractivity contribution in [2.45, 2.75) is 39.7 Å². The van der Waals surface area contributed by atoms with Gasteiger partial charge in [-0.2, -0.15) is 0 Å². The number of aromatic hydroxyl groups is 1. The highest BCUT2D eigenvalue weighted by molar-refractivity contribution is 7.18. The first-order valence-corrected chi connectivity index (χ1v) is 11.0. The SMILES string of the molecule is Cc1cccc2c(N=NC(=O)Cn3cnc4sc5c(c4c3=O)CCC(C)C5)c(O)[nH]c12. The number of aromatic nitrogens is 3. The molecule has 0 spiro atoms. The van der Waals surface area contributed by atoms with Gasteiger partial charge in [0.25, 0.3) is 11.5 Å². The van der Waals surface area contributed by atoms with E-state index < -0.39 is 5.91 Å². The molecule has 0 radical (unpaired) electrons. The molecule has 31 heavy (non-hydrogen) atoms. The van der Waals surface area contributed by atoms with E-state index in [0.717, 1.165) is 40.7 Å². The standard InChI is InChI=1S/C22H21N5O3S/c1-11-6-7-13-15(8-11)31-21-17(13)22(30)27(10-23-21)9-16(28)25-26-19-14-5-3-4-12(2)18(14)24-20(19)29/h3-5,10-11,24,29H,6-9H2,1-2H3. The van der Waals surface area contributed by atoms with Crippen LogP contribution in [0.4, 0.5) is 5.69 Å². The summed E-state index contributed by atoms with van der Waals surface area (Å²) in [4.78, 5) is 34.7. The van der Waals surface area contributed by atoms with Gasteiger partial charge >= 0.3 is 0 Å². The molecule has 0 fully saturated rings. The normalized spacial score (nSPS) is 16.4. The number of aromatic amines is 1. The lowest BCUT2D eigenvalue weighted by Crippen LogP contribution is -2.24. The van der Waals surface area contributed by atoms with Crippen molar-refractivity contribution in [2.75, 3.05) is 0 Å². The van der Waals surface area contributed by atoms with E-state index in [9.17, 15) is 14.7 Å². The van der Waals surface area contributed by atoms with Crippen LogP contribution < -0.4 is 5.56 Å². The Hall–Kier alpha value is -3.33. The smallest absolute Gasteiger partial charge is 0.284 e. The minimum Gasteiger partial charge on any atom is -0.493 e. The van der Waals surface area contributed by atoms with Gasteiger partial charge in [-0.05, 0) is 43.2 Å². The fraction of sp³-hybridized carbons (Fsp3) is 0.318. The Morgan fingerprint density at radius 2 is 2.26 bits per heavy atom. The maximum atomic E-state index is 13.0. The molecule has 1 unspecified atom stereocenters. The topological polar surface area (TPSA) is 113 Å². The van der Waals surface area contributed by atoms with Crippen LogP contribution in [0.1, 0.15) is 29.3 Å². The predicted molar refractivity (Wildman–Crippen MR) is 119 cm³/mol. The van der Waals surface area contributed by atoms with Crippen LogP contribution in [0.2, 0.25) is 0 Å². The number of benzene rings is 1. The number of hydrogen-bond acceptors (Lipinski definition) is 6. The lowest BCUT2D eigenvalue weighted by atomic mass is 9.89. The van der Waals surface area contributed by atoms with Gasteiger partial charge in [-0.3, -0.25) is 14.2 Å². The lowest BCUT2D eigenvalue weighted by Gasteiger charge is -2.17. The molecule has 1 amide bonds. The molecule has 1 aliphatic carbocycles.